The molecule has 0 bridgehead atoms. The van der Waals surface area contributed by atoms with Gasteiger partial charge in [0.15, 0.2) is 0 Å². The van der Waals surface area contributed by atoms with E-state index in [2.05, 4.69) is 53.5 Å². The molecule has 3 nitrogen and oxygen atoms in total. The van der Waals surface area contributed by atoms with Crippen molar-refractivity contribution in [2.24, 2.45) is 0 Å². The average molecular weight is 272 g/mol. The molecule has 0 aliphatic rings. The third kappa shape index (κ3) is 3.87. The van der Waals surface area contributed by atoms with E-state index in [1.54, 1.807) is 6.26 Å². The molecule has 0 saturated carbocycles. The van der Waals surface area contributed by atoms with Crippen molar-refractivity contribution in [1.29, 1.82) is 0 Å². The lowest BCUT2D eigenvalue weighted by molar-refractivity contribution is 0.494. The van der Waals surface area contributed by atoms with Crippen LogP contribution in [-0.2, 0) is 13.1 Å². The molecule has 20 heavy (non-hydrogen) atoms. The zero-order valence-corrected chi connectivity index (χ0v) is 12.4. The number of para-hydroxylation sites is 1. The van der Waals surface area contributed by atoms with Gasteiger partial charge in [-0.05, 0) is 31.7 Å². The lowest BCUT2D eigenvalue weighted by atomic mass is 10.2. The number of unbranched alkanes of at least 4 members (excludes halogenated alkanes) is 1. The third-order valence-electron chi connectivity index (χ3n) is 3.44. The molecule has 2 aromatic rings. The van der Waals surface area contributed by atoms with E-state index < -0.39 is 0 Å². The zero-order valence-electron chi connectivity index (χ0n) is 12.4. The summed E-state index contributed by atoms with van der Waals surface area (Å²) in [4.78, 5) is 2.39. The molecule has 0 spiro atoms. The fourth-order valence-electron chi connectivity index (χ4n) is 2.31. The van der Waals surface area contributed by atoms with Crippen molar-refractivity contribution in [2.75, 3.05) is 18.5 Å². The van der Waals surface area contributed by atoms with Crippen molar-refractivity contribution in [2.45, 2.75) is 32.9 Å². The second-order valence-corrected chi connectivity index (χ2v) is 5.01. The molecule has 2 rings (SSSR count). The Morgan fingerprint density at radius 3 is 2.65 bits per heavy atom. The van der Waals surface area contributed by atoms with E-state index in [-0.39, 0.29) is 0 Å². The van der Waals surface area contributed by atoms with Crippen LogP contribution in [0.2, 0.25) is 0 Å². The quantitative estimate of drug-likeness (QED) is 0.792. The Morgan fingerprint density at radius 1 is 1.15 bits per heavy atom. The van der Waals surface area contributed by atoms with Crippen LogP contribution >= 0.6 is 0 Å². The first kappa shape index (κ1) is 14.7. The van der Waals surface area contributed by atoms with E-state index in [9.17, 15) is 0 Å². The molecule has 0 unspecified atom stereocenters. The summed E-state index contributed by atoms with van der Waals surface area (Å²) >= 11 is 0. The van der Waals surface area contributed by atoms with E-state index >= 15 is 0 Å². The van der Waals surface area contributed by atoms with Crippen LogP contribution in [0.15, 0.2) is 47.1 Å². The van der Waals surface area contributed by atoms with Gasteiger partial charge in [-0.25, -0.2) is 0 Å². The van der Waals surface area contributed by atoms with Gasteiger partial charge in [0.05, 0.1) is 12.8 Å². The summed E-state index contributed by atoms with van der Waals surface area (Å²) < 4.78 is 5.67. The lowest BCUT2D eigenvalue weighted by Crippen LogP contribution is -2.24. The molecular formula is C17H24N2O. The highest BCUT2D eigenvalue weighted by Gasteiger charge is 2.12. The zero-order chi connectivity index (χ0) is 14.2. The van der Waals surface area contributed by atoms with E-state index in [4.69, 9.17) is 4.42 Å². The maximum absolute atomic E-state index is 5.67. The largest absolute Gasteiger partial charge is 0.467 e. The molecule has 0 fully saturated rings. The summed E-state index contributed by atoms with van der Waals surface area (Å²) in [6.45, 7) is 4.96. The van der Waals surface area contributed by atoms with Gasteiger partial charge in [-0.15, -0.1) is 0 Å². The number of rotatable bonds is 8. The van der Waals surface area contributed by atoms with Crippen LogP contribution in [0, 0.1) is 0 Å². The van der Waals surface area contributed by atoms with Crippen molar-refractivity contribution < 1.29 is 4.42 Å². The maximum atomic E-state index is 5.67. The summed E-state index contributed by atoms with van der Waals surface area (Å²) in [5, 5.41) is 3.19. The Balaban J connectivity index is 2.13. The Labute approximate surface area is 121 Å². The van der Waals surface area contributed by atoms with Crippen molar-refractivity contribution in [1.82, 2.24) is 5.32 Å². The molecule has 0 aliphatic carbocycles. The predicted octanol–water partition coefficient (Wildman–Crippen LogP) is 3.81. The minimum atomic E-state index is 0.827. The van der Waals surface area contributed by atoms with Crippen LogP contribution in [0.3, 0.4) is 0 Å². The van der Waals surface area contributed by atoms with Crippen LogP contribution in [0.25, 0.3) is 0 Å². The molecule has 3 heteroatoms. The molecule has 0 aliphatic heterocycles. The maximum Gasteiger partial charge on any atom is 0.127 e. The second-order valence-electron chi connectivity index (χ2n) is 5.01. The number of nitrogens with zero attached hydrogens (tertiary/aromatic N) is 1. The summed E-state index contributed by atoms with van der Waals surface area (Å²) in [6, 6.07) is 12.6. The third-order valence-corrected chi connectivity index (χ3v) is 3.44. The summed E-state index contributed by atoms with van der Waals surface area (Å²) in [5.74, 6) is 1.05. The Bertz CT molecular complexity index is 493. The first-order valence-electron chi connectivity index (χ1n) is 7.35. The number of nitrogens with one attached hydrogen (secondary N) is 1. The first-order valence-corrected chi connectivity index (χ1v) is 7.35. The molecule has 1 heterocycles. The standard InChI is InChI=1S/C17H24N2O/c1-3-4-11-19(16-8-6-5-7-9-16)14-17-15(13-18-2)10-12-20-17/h5-10,12,18H,3-4,11,13-14H2,1-2H3. The van der Waals surface area contributed by atoms with Gasteiger partial charge >= 0.3 is 0 Å². The number of furan rings is 1. The number of hydrogen-bond donors (Lipinski definition) is 1. The second kappa shape index (κ2) is 7.75. The highest BCUT2D eigenvalue weighted by molar-refractivity contribution is 5.46. The Kier molecular flexibility index (Phi) is 5.69. The number of benzene rings is 1. The summed E-state index contributed by atoms with van der Waals surface area (Å²) in [5.41, 5.74) is 2.50. The fraction of sp³-hybridized carbons (Fsp3) is 0.412. The van der Waals surface area contributed by atoms with Gasteiger partial charge < -0.3 is 14.6 Å². The highest BCUT2D eigenvalue weighted by Crippen LogP contribution is 2.20. The van der Waals surface area contributed by atoms with Crippen LogP contribution in [0.5, 0.6) is 0 Å². The molecule has 1 aromatic carbocycles. The Morgan fingerprint density at radius 2 is 1.95 bits per heavy atom. The van der Waals surface area contributed by atoms with Gasteiger partial charge in [0.2, 0.25) is 0 Å². The van der Waals surface area contributed by atoms with Gasteiger partial charge in [-0.2, -0.15) is 0 Å². The first-order chi connectivity index (χ1) is 9.85. The van der Waals surface area contributed by atoms with Gasteiger partial charge in [-0.1, -0.05) is 31.5 Å². The van der Waals surface area contributed by atoms with Gasteiger partial charge in [0, 0.05) is 24.3 Å². The molecule has 0 amide bonds. The Hall–Kier alpha value is -1.74. The molecule has 0 atom stereocenters. The summed E-state index contributed by atoms with van der Waals surface area (Å²) in [6.07, 6.45) is 4.17. The van der Waals surface area contributed by atoms with Crippen molar-refractivity contribution in [3.63, 3.8) is 0 Å². The normalized spacial score (nSPS) is 10.7. The fourth-order valence-corrected chi connectivity index (χ4v) is 2.31. The predicted molar refractivity (Wildman–Crippen MR) is 83.9 cm³/mol. The number of hydrogen-bond acceptors (Lipinski definition) is 3. The van der Waals surface area contributed by atoms with E-state index in [1.807, 2.05) is 7.05 Å². The molecule has 0 radical (unpaired) electrons. The van der Waals surface area contributed by atoms with Crippen LogP contribution in [0.4, 0.5) is 5.69 Å². The molecule has 0 saturated heterocycles. The molecule has 108 valence electrons. The van der Waals surface area contributed by atoms with Gasteiger partial charge in [0.1, 0.15) is 5.76 Å². The van der Waals surface area contributed by atoms with E-state index in [0.29, 0.717) is 0 Å². The molecule has 1 N–H and O–H groups in total. The number of anilines is 1. The minimum absolute atomic E-state index is 0.827. The van der Waals surface area contributed by atoms with Crippen LogP contribution in [0.1, 0.15) is 31.1 Å². The molecule has 1 aromatic heterocycles. The molecular weight excluding hydrogens is 248 g/mol. The summed E-state index contributed by atoms with van der Waals surface area (Å²) in [7, 11) is 1.96. The smallest absolute Gasteiger partial charge is 0.127 e. The van der Waals surface area contributed by atoms with Gasteiger partial charge in [-0.3, -0.25) is 0 Å². The highest BCUT2D eigenvalue weighted by atomic mass is 16.3. The van der Waals surface area contributed by atoms with Crippen LogP contribution < -0.4 is 10.2 Å². The van der Waals surface area contributed by atoms with E-state index in [0.717, 1.165) is 25.4 Å². The van der Waals surface area contributed by atoms with Gasteiger partial charge in [0.25, 0.3) is 0 Å². The SMILES string of the molecule is CCCCN(Cc1occc1CNC)c1ccccc1. The van der Waals surface area contributed by atoms with E-state index in [1.165, 1.54) is 24.1 Å². The van der Waals surface area contributed by atoms with Crippen LogP contribution in [-0.4, -0.2) is 13.6 Å². The average Bonchev–Trinajstić information content (AvgIpc) is 2.92. The minimum Gasteiger partial charge on any atom is -0.467 e. The monoisotopic (exact) mass is 272 g/mol. The van der Waals surface area contributed by atoms with Crippen molar-refractivity contribution >= 4 is 5.69 Å². The van der Waals surface area contributed by atoms with Crippen molar-refractivity contribution in [3.05, 3.63) is 54.0 Å². The lowest BCUT2D eigenvalue weighted by Gasteiger charge is -2.24. The topological polar surface area (TPSA) is 28.4 Å². The van der Waals surface area contributed by atoms with Crippen molar-refractivity contribution in [3.8, 4) is 0 Å².